The zero-order chi connectivity index (χ0) is 18.1. The summed E-state index contributed by atoms with van der Waals surface area (Å²) in [4.78, 5) is 20.5. The lowest BCUT2D eigenvalue weighted by molar-refractivity contribution is 0.442. The minimum Gasteiger partial charge on any atom is -0.340 e. The Morgan fingerprint density at radius 1 is 1.19 bits per heavy atom. The van der Waals surface area contributed by atoms with Gasteiger partial charge in [-0.1, -0.05) is 18.5 Å². The first kappa shape index (κ1) is 17.0. The van der Waals surface area contributed by atoms with Crippen molar-refractivity contribution in [2.24, 2.45) is 5.92 Å². The van der Waals surface area contributed by atoms with Crippen LogP contribution in [0.2, 0.25) is 5.02 Å². The number of aromatic nitrogens is 4. The summed E-state index contributed by atoms with van der Waals surface area (Å²) in [5, 5.41) is 4.11. The minimum absolute atomic E-state index is 0.602. The third-order valence-corrected chi connectivity index (χ3v) is 4.94. The molecule has 26 heavy (non-hydrogen) atoms. The third kappa shape index (κ3) is 3.42. The zero-order valence-electron chi connectivity index (χ0n) is 14.9. The van der Waals surface area contributed by atoms with Gasteiger partial charge in [-0.3, -0.25) is 0 Å². The van der Waals surface area contributed by atoms with E-state index in [0.29, 0.717) is 33.9 Å². The van der Waals surface area contributed by atoms with Crippen LogP contribution in [0.25, 0.3) is 11.2 Å². The van der Waals surface area contributed by atoms with Crippen LogP contribution in [0.3, 0.4) is 0 Å². The van der Waals surface area contributed by atoms with Crippen LogP contribution in [0.4, 0.5) is 17.5 Å². The highest BCUT2D eigenvalue weighted by Gasteiger charge is 2.21. The van der Waals surface area contributed by atoms with E-state index in [9.17, 15) is 0 Å². The fraction of sp³-hybridized carbons (Fsp3) is 0.368. The molecule has 0 spiro atoms. The van der Waals surface area contributed by atoms with Gasteiger partial charge in [-0.25, -0.2) is 9.97 Å². The molecule has 0 radical (unpaired) electrons. The molecule has 6 nitrogen and oxygen atoms in total. The van der Waals surface area contributed by atoms with Crippen molar-refractivity contribution >= 4 is 40.2 Å². The highest BCUT2D eigenvalue weighted by atomic mass is 35.5. The Hall–Kier alpha value is -2.47. The molecule has 0 saturated carbocycles. The Kier molecular flexibility index (Phi) is 4.59. The molecule has 134 valence electrons. The van der Waals surface area contributed by atoms with Crippen molar-refractivity contribution in [2.75, 3.05) is 23.3 Å². The first-order valence-electron chi connectivity index (χ1n) is 8.87. The molecule has 1 N–H and O–H groups in total. The van der Waals surface area contributed by atoms with E-state index in [0.717, 1.165) is 30.8 Å². The summed E-state index contributed by atoms with van der Waals surface area (Å²) in [7, 11) is 0. The van der Waals surface area contributed by atoms with Gasteiger partial charge in [-0.05, 0) is 49.4 Å². The summed E-state index contributed by atoms with van der Waals surface area (Å²) in [6.07, 6.45) is 5.73. The van der Waals surface area contributed by atoms with Crippen molar-refractivity contribution in [3.05, 3.63) is 41.2 Å². The van der Waals surface area contributed by atoms with Crippen molar-refractivity contribution in [1.29, 1.82) is 0 Å². The number of anilines is 3. The maximum atomic E-state index is 6.07. The van der Waals surface area contributed by atoms with Crippen molar-refractivity contribution in [3.63, 3.8) is 0 Å². The molecule has 3 heterocycles. The van der Waals surface area contributed by atoms with Gasteiger partial charge in [0.2, 0.25) is 5.95 Å². The summed E-state index contributed by atoms with van der Waals surface area (Å²) in [6.45, 7) is 6.21. The number of halogens is 1. The second-order valence-electron chi connectivity index (χ2n) is 6.88. The van der Waals surface area contributed by atoms with E-state index in [-0.39, 0.29) is 0 Å². The number of rotatable bonds is 3. The molecule has 1 aliphatic rings. The molecule has 7 heteroatoms. The molecule has 3 aromatic rings. The molecule has 1 saturated heterocycles. The number of fused-ring (bicyclic) bond motifs is 1. The van der Waals surface area contributed by atoms with Gasteiger partial charge in [0, 0.05) is 36.2 Å². The maximum Gasteiger partial charge on any atom is 0.229 e. The summed E-state index contributed by atoms with van der Waals surface area (Å²) < 4.78 is 0. The molecule has 0 bridgehead atoms. The number of benzene rings is 1. The molecule has 1 fully saturated rings. The van der Waals surface area contributed by atoms with Crippen LogP contribution in [0, 0.1) is 12.8 Å². The summed E-state index contributed by atoms with van der Waals surface area (Å²) >= 11 is 6.07. The van der Waals surface area contributed by atoms with Crippen LogP contribution < -0.4 is 10.2 Å². The van der Waals surface area contributed by atoms with Gasteiger partial charge in [-0.2, -0.15) is 9.97 Å². The van der Waals surface area contributed by atoms with Gasteiger partial charge < -0.3 is 10.2 Å². The normalized spacial score (nSPS) is 17.5. The molecular formula is C19H21ClN6. The van der Waals surface area contributed by atoms with E-state index >= 15 is 0 Å². The number of nitrogens with one attached hydrogen (secondary N) is 1. The molecule has 1 aromatic carbocycles. The lowest BCUT2D eigenvalue weighted by Crippen LogP contribution is -2.35. The molecule has 2 aromatic heterocycles. The van der Waals surface area contributed by atoms with E-state index in [4.69, 9.17) is 16.6 Å². The van der Waals surface area contributed by atoms with E-state index < -0.39 is 0 Å². The average Bonchev–Trinajstić information content (AvgIpc) is 2.64. The Morgan fingerprint density at radius 3 is 2.85 bits per heavy atom. The number of piperidine rings is 1. The minimum atomic E-state index is 0.602. The van der Waals surface area contributed by atoms with Crippen LogP contribution in [0.5, 0.6) is 0 Å². The molecule has 0 amide bonds. The second kappa shape index (κ2) is 7.03. The van der Waals surface area contributed by atoms with E-state index in [1.165, 1.54) is 6.42 Å². The van der Waals surface area contributed by atoms with Crippen LogP contribution in [-0.4, -0.2) is 33.0 Å². The standard InChI is InChI=1S/C19H21ClN6/c1-12-4-3-9-26(11-12)19-24-17-16(21-7-8-22-17)18(25-19)23-15-6-5-14(20)10-13(15)2/h5-8,10,12H,3-4,9,11H2,1-2H3,(H,22,23,24,25). The highest BCUT2D eigenvalue weighted by Crippen LogP contribution is 2.28. The van der Waals surface area contributed by atoms with Gasteiger partial charge >= 0.3 is 0 Å². The van der Waals surface area contributed by atoms with Crippen LogP contribution >= 0.6 is 11.6 Å². The largest absolute Gasteiger partial charge is 0.340 e. The van der Waals surface area contributed by atoms with Gasteiger partial charge in [0.15, 0.2) is 17.0 Å². The Bertz CT molecular complexity index is 944. The number of hydrogen-bond acceptors (Lipinski definition) is 6. The first-order chi connectivity index (χ1) is 12.6. The monoisotopic (exact) mass is 368 g/mol. The molecule has 1 atom stereocenters. The fourth-order valence-electron chi connectivity index (χ4n) is 3.35. The topological polar surface area (TPSA) is 66.8 Å². The van der Waals surface area contributed by atoms with Crippen LogP contribution in [0.1, 0.15) is 25.3 Å². The van der Waals surface area contributed by atoms with Gasteiger partial charge in [0.25, 0.3) is 0 Å². The second-order valence-corrected chi connectivity index (χ2v) is 7.31. The molecule has 0 aliphatic carbocycles. The van der Waals surface area contributed by atoms with Crippen molar-refractivity contribution in [2.45, 2.75) is 26.7 Å². The lowest BCUT2D eigenvalue weighted by atomic mass is 10.0. The highest BCUT2D eigenvalue weighted by molar-refractivity contribution is 6.30. The van der Waals surface area contributed by atoms with E-state index in [1.54, 1.807) is 12.4 Å². The molecular weight excluding hydrogens is 348 g/mol. The SMILES string of the molecule is Cc1cc(Cl)ccc1Nc1nc(N2CCCC(C)C2)nc2nccnc12. The number of aryl methyl sites for hydroxylation is 1. The Labute approximate surface area is 157 Å². The van der Waals surface area contributed by atoms with Crippen molar-refractivity contribution in [3.8, 4) is 0 Å². The van der Waals surface area contributed by atoms with Gasteiger partial charge in [-0.15, -0.1) is 0 Å². The third-order valence-electron chi connectivity index (χ3n) is 4.70. The predicted octanol–water partition coefficient (Wildman–Crippen LogP) is 4.36. The van der Waals surface area contributed by atoms with Crippen molar-refractivity contribution < 1.29 is 0 Å². The van der Waals surface area contributed by atoms with E-state index in [1.807, 2.05) is 25.1 Å². The molecule has 1 aliphatic heterocycles. The quantitative estimate of drug-likeness (QED) is 0.740. The fourth-order valence-corrected chi connectivity index (χ4v) is 3.57. The number of hydrogen-bond donors (Lipinski definition) is 1. The zero-order valence-corrected chi connectivity index (χ0v) is 15.7. The Morgan fingerprint density at radius 2 is 2.04 bits per heavy atom. The average molecular weight is 369 g/mol. The van der Waals surface area contributed by atoms with Crippen LogP contribution in [0.15, 0.2) is 30.6 Å². The van der Waals surface area contributed by atoms with Gasteiger partial charge in [0.1, 0.15) is 0 Å². The smallest absolute Gasteiger partial charge is 0.229 e. The number of nitrogens with zero attached hydrogens (tertiary/aromatic N) is 5. The first-order valence-corrected chi connectivity index (χ1v) is 9.25. The summed E-state index contributed by atoms with van der Waals surface area (Å²) in [5.41, 5.74) is 3.25. The summed E-state index contributed by atoms with van der Waals surface area (Å²) in [5.74, 6) is 2.01. The predicted molar refractivity (Wildman–Crippen MR) is 105 cm³/mol. The molecule has 4 rings (SSSR count). The maximum absolute atomic E-state index is 6.07. The Balaban J connectivity index is 1.77. The van der Waals surface area contributed by atoms with Gasteiger partial charge in [0.05, 0.1) is 0 Å². The summed E-state index contributed by atoms with van der Waals surface area (Å²) in [6, 6.07) is 5.73. The lowest BCUT2D eigenvalue weighted by Gasteiger charge is -2.31. The van der Waals surface area contributed by atoms with Crippen LogP contribution in [-0.2, 0) is 0 Å². The molecule has 1 unspecified atom stereocenters. The van der Waals surface area contributed by atoms with Crippen molar-refractivity contribution in [1.82, 2.24) is 19.9 Å². The van der Waals surface area contributed by atoms with E-state index in [2.05, 4.69) is 32.1 Å².